The molecule has 3 rings (SSSR count). The van der Waals surface area contributed by atoms with E-state index < -0.39 is 22.4 Å². The molecular weight excluding hydrogens is 285 g/mol. The predicted octanol–water partition coefficient (Wildman–Crippen LogP) is 0.916. The number of nitrogens with one attached hydrogen (secondary N) is 1. The maximum absolute atomic E-state index is 13.3. The number of sulfonamides is 1. The van der Waals surface area contributed by atoms with Gasteiger partial charge in [0.2, 0.25) is 10.0 Å². The number of aliphatic hydroxyl groups is 1. The molecule has 0 spiro atoms. The second-order valence-corrected chi connectivity index (χ2v) is 6.96. The third-order valence-corrected chi connectivity index (χ3v) is 5.40. The number of aliphatic hydroxyl groups excluding tert-OH is 1. The smallest absolute Gasteiger partial charge is 0.240 e. The van der Waals surface area contributed by atoms with Gasteiger partial charge in [-0.15, -0.1) is 0 Å². The molecular formula is C13H16FNO4S. The SMILES string of the molecule is O=S(=O)(NC1CC2CCC1O2)c1ccc(F)c(CO)c1. The number of hydrogen-bond acceptors (Lipinski definition) is 4. The number of hydrogen-bond donors (Lipinski definition) is 2. The molecule has 2 N–H and O–H groups in total. The van der Waals surface area contributed by atoms with Gasteiger partial charge in [-0.2, -0.15) is 0 Å². The lowest BCUT2D eigenvalue weighted by Crippen LogP contribution is -2.41. The number of fused-ring (bicyclic) bond motifs is 2. The topological polar surface area (TPSA) is 75.6 Å². The van der Waals surface area contributed by atoms with E-state index in [1.807, 2.05) is 0 Å². The lowest BCUT2D eigenvalue weighted by molar-refractivity contribution is 0.0996. The van der Waals surface area contributed by atoms with Crippen molar-refractivity contribution in [2.24, 2.45) is 0 Å². The van der Waals surface area contributed by atoms with Gasteiger partial charge in [-0.3, -0.25) is 0 Å². The molecule has 20 heavy (non-hydrogen) atoms. The summed E-state index contributed by atoms with van der Waals surface area (Å²) in [6.45, 7) is -0.535. The fraction of sp³-hybridized carbons (Fsp3) is 0.538. The van der Waals surface area contributed by atoms with Crippen molar-refractivity contribution in [2.45, 2.75) is 49.0 Å². The fourth-order valence-electron chi connectivity index (χ4n) is 2.87. The average molecular weight is 301 g/mol. The molecule has 2 aliphatic rings. The molecule has 1 aromatic carbocycles. The van der Waals surface area contributed by atoms with Crippen molar-refractivity contribution < 1.29 is 22.7 Å². The van der Waals surface area contributed by atoms with Crippen LogP contribution < -0.4 is 4.72 Å². The van der Waals surface area contributed by atoms with Crippen molar-refractivity contribution in [2.75, 3.05) is 0 Å². The molecule has 0 aliphatic carbocycles. The Kier molecular flexibility index (Phi) is 3.53. The first-order valence-electron chi connectivity index (χ1n) is 6.56. The van der Waals surface area contributed by atoms with E-state index in [2.05, 4.69) is 4.72 Å². The van der Waals surface area contributed by atoms with Crippen LogP contribution in [0.3, 0.4) is 0 Å². The van der Waals surface area contributed by atoms with Gasteiger partial charge in [0.15, 0.2) is 0 Å². The van der Waals surface area contributed by atoms with Crippen LogP contribution in [0.25, 0.3) is 0 Å². The molecule has 2 aliphatic heterocycles. The fourth-order valence-corrected chi connectivity index (χ4v) is 4.20. The summed E-state index contributed by atoms with van der Waals surface area (Å²) in [5.41, 5.74) is -0.0305. The molecule has 1 aromatic rings. The minimum absolute atomic E-state index is 0.0305. The molecule has 2 bridgehead atoms. The second kappa shape index (κ2) is 5.07. The van der Waals surface area contributed by atoms with E-state index in [0.29, 0.717) is 6.42 Å². The Morgan fingerprint density at radius 1 is 1.40 bits per heavy atom. The minimum Gasteiger partial charge on any atom is -0.392 e. The lowest BCUT2D eigenvalue weighted by atomic mass is 9.96. The standard InChI is InChI=1S/C13H16FNO4S/c14-11-3-2-10(5-8(11)7-16)20(17,18)15-12-6-9-1-4-13(12)19-9/h2-3,5,9,12-13,15-16H,1,4,6-7H2. The Hall–Kier alpha value is -1.02. The van der Waals surface area contributed by atoms with Gasteiger partial charge >= 0.3 is 0 Å². The van der Waals surface area contributed by atoms with Crippen LogP contribution in [-0.2, 0) is 21.4 Å². The largest absolute Gasteiger partial charge is 0.392 e. The van der Waals surface area contributed by atoms with Crippen molar-refractivity contribution in [1.82, 2.24) is 4.72 Å². The zero-order chi connectivity index (χ0) is 14.3. The normalized spacial score (nSPS) is 29.0. The highest BCUT2D eigenvalue weighted by Gasteiger charge is 2.42. The number of ether oxygens (including phenoxy) is 1. The summed E-state index contributed by atoms with van der Waals surface area (Å²) in [6, 6.07) is 3.19. The molecule has 0 saturated carbocycles. The summed E-state index contributed by atoms with van der Waals surface area (Å²) in [6.07, 6.45) is 2.61. The highest BCUT2D eigenvalue weighted by Crippen LogP contribution is 2.35. The molecule has 2 heterocycles. The van der Waals surface area contributed by atoms with Crippen LogP contribution in [-0.4, -0.2) is 31.8 Å². The first kappa shape index (κ1) is 13.9. The van der Waals surface area contributed by atoms with E-state index in [1.165, 1.54) is 6.07 Å². The van der Waals surface area contributed by atoms with Crippen LogP contribution in [0.2, 0.25) is 0 Å². The van der Waals surface area contributed by atoms with Gasteiger partial charge in [0, 0.05) is 5.56 Å². The highest BCUT2D eigenvalue weighted by molar-refractivity contribution is 7.89. The summed E-state index contributed by atoms with van der Waals surface area (Å²) < 4.78 is 46.1. The van der Waals surface area contributed by atoms with Crippen LogP contribution in [0.1, 0.15) is 24.8 Å². The molecule has 7 heteroatoms. The van der Waals surface area contributed by atoms with Crippen molar-refractivity contribution in [3.8, 4) is 0 Å². The first-order chi connectivity index (χ1) is 9.49. The Morgan fingerprint density at radius 2 is 2.20 bits per heavy atom. The van der Waals surface area contributed by atoms with Crippen LogP contribution in [0.5, 0.6) is 0 Å². The van der Waals surface area contributed by atoms with Gasteiger partial charge in [-0.05, 0) is 37.5 Å². The number of rotatable bonds is 4. The highest BCUT2D eigenvalue weighted by atomic mass is 32.2. The van der Waals surface area contributed by atoms with Gasteiger partial charge in [0.1, 0.15) is 5.82 Å². The third-order valence-electron chi connectivity index (χ3n) is 3.91. The maximum atomic E-state index is 13.3. The van der Waals surface area contributed by atoms with E-state index in [1.54, 1.807) is 0 Å². The van der Waals surface area contributed by atoms with Crippen molar-refractivity contribution in [1.29, 1.82) is 0 Å². The van der Waals surface area contributed by atoms with E-state index >= 15 is 0 Å². The van der Waals surface area contributed by atoms with Gasteiger partial charge < -0.3 is 9.84 Å². The molecule has 2 fully saturated rings. The number of benzene rings is 1. The quantitative estimate of drug-likeness (QED) is 0.867. The van der Waals surface area contributed by atoms with Gasteiger partial charge in [0.25, 0.3) is 0 Å². The summed E-state index contributed by atoms with van der Waals surface area (Å²) in [4.78, 5) is -0.0364. The van der Waals surface area contributed by atoms with E-state index in [0.717, 1.165) is 25.0 Å². The minimum atomic E-state index is -3.72. The van der Waals surface area contributed by atoms with Crippen LogP contribution in [0, 0.1) is 5.82 Å². The second-order valence-electron chi connectivity index (χ2n) is 5.25. The summed E-state index contributed by atoms with van der Waals surface area (Å²) >= 11 is 0. The zero-order valence-electron chi connectivity index (χ0n) is 10.8. The monoisotopic (exact) mass is 301 g/mol. The molecule has 0 amide bonds. The molecule has 0 radical (unpaired) electrons. The Bertz CT molecular complexity index is 619. The predicted molar refractivity (Wildman–Crippen MR) is 68.9 cm³/mol. The molecule has 3 atom stereocenters. The van der Waals surface area contributed by atoms with Crippen molar-refractivity contribution in [3.05, 3.63) is 29.6 Å². The van der Waals surface area contributed by atoms with Gasteiger partial charge in [-0.25, -0.2) is 17.5 Å². The Labute approximate surface area is 116 Å². The molecule has 110 valence electrons. The zero-order valence-corrected chi connectivity index (χ0v) is 11.6. The molecule has 3 unspecified atom stereocenters. The van der Waals surface area contributed by atoms with Crippen LogP contribution in [0.15, 0.2) is 23.1 Å². The molecule has 0 aromatic heterocycles. The van der Waals surface area contributed by atoms with Crippen molar-refractivity contribution >= 4 is 10.0 Å². The summed E-state index contributed by atoms with van der Waals surface area (Å²) in [7, 11) is -3.72. The first-order valence-corrected chi connectivity index (χ1v) is 8.05. The maximum Gasteiger partial charge on any atom is 0.240 e. The van der Waals surface area contributed by atoms with Crippen LogP contribution in [0.4, 0.5) is 4.39 Å². The van der Waals surface area contributed by atoms with Crippen LogP contribution >= 0.6 is 0 Å². The van der Waals surface area contributed by atoms with Gasteiger partial charge in [0.05, 0.1) is 29.8 Å². The molecule has 2 saturated heterocycles. The Morgan fingerprint density at radius 3 is 2.80 bits per heavy atom. The summed E-state index contributed by atoms with van der Waals surface area (Å²) in [5.74, 6) is -0.616. The van der Waals surface area contributed by atoms with E-state index in [9.17, 15) is 12.8 Å². The van der Waals surface area contributed by atoms with E-state index in [-0.39, 0.29) is 28.7 Å². The van der Waals surface area contributed by atoms with Gasteiger partial charge in [-0.1, -0.05) is 0 Å². The average Bonchev–Trinajstić information content (AvgIpc) is 3.00. The van der Waals surface area contributed by atoms with E-state index in [4.69, 9.17) is 9.84 Å². The van der Waals surface area contributed by atoms with Crippen molar-refractivity contribution in [3.63, 3.8) is 0 Å². The number of halogens is 1. The third kappa shape index (κ3) is 2.46. The molecule has 5 nitrogen and oxygen atoms in total. The lowest BCUT2D eigenvalue weighted by Gasteiger charge is -2.20. The summed E-state index contributed by atoms with van der Waals surface area (Å²) in [5, 5.41) is 9.00. The Balaban J connectivity index is 1.81.